The monoisotopic (exact) mass is 546 g/mol. The summed E-state index contributed by atoms with van der Waals surface area (Å²) in [6, 6.07) is 6.31. The van der Waals surface area contributed by atoms with Crippen molar-refractivity contribution >= 4 is 40.0 Å². The number of hydrogen-bond acceptors (Lipinski definition) is 8. The molecule has 1 amide bonds. The lowest BCUT2D eigenvalue weighted by molar-refractivity contribution is -0.0499. The molecule has 4 atom stereocenters. The summed E-state index contributed by atoms with van der Waals surface area (Å²) in [7, 11) is 1.89. The Morgan fingerprint density at radius 3 is 2.90 bits per heavy atom. The highest BCUT2D eigenvalue weighted by Gasteiger charge is 2.56. The molecule has 3 N–H and O–H groups in total. The van der Waals surface area contributed by atoms with Gasteiger partial charge in [0.15, 0.2) is 6.23 Å². The third-order valence-corrected chi connectivity index (χ3v) is 6.37. The lowest BCUT2D eigenvalue weighted by Gasteiger charge is -2.27. The number of amides is 1. The minimum atomic E-state index is -2.35. The van der Waals surface area contributed by atoms with E-state index in [1.54, 1.807) is 18.2 Å². The summed E-state index contributed by atoms with van der Waals surface area (Å²) in [6.07, 6.45) is -3.07. The number of aliphatic hydroxyl groups excluding tert-OH is 2. The number of hydrogen-bond donors (Lipinski definition) is 3. The van der Waals surface area contributed by atoms with Gasteiger partial charge in [0.25, 0.3) is 5.91 Å². The van der Waals surface area contributed by atoms with Gasteiger partial charge < -0.3 is 29.9 Å². The minimum Gasteiger partial charge on any atom is -0.490 e. The fourth-order valence-corrected chi connectivity index (χ4v) is 4.31. The second-order valence-electron chi connectivity index (χ2n) is 7.24. The smallest absolute Gasteiger partial charge is 0.351 e. The molecule has 0 bridgehead atoms. The molecule has 1 aromatic carbocycles. The molecule has 1 fully saturated rings. The highest BCUT2D eigenvalue weighted by molar-refractivity contribution is 14.1. The number of fused-ring (bicyclic) bond motifs is 1. The van der Waals surface area contributed by atoms with Crippen molar-refractivity contribution in [2.24, 2.45) is 0 Å². The molecule has 10 nitrogen and oxygen atoms in total. The van der Waals surface area contributed by atoms with Gasteiger partial charge in [-0.1, -0.05) is 0 Å². The lowest BCUT2D eigenvalue weighted by Crippen LogP contribution is -2.40. The average Bonchev–Trinajstić information content (AvgIpc) is 2.97. The number of likely N-dealkylation sites (N-methyl/N-ethyl adjacent to an activating group) is 1. The number of ether oxygens (including phenoxy) is 2. The number of aliphatic hydroxyl groups is 2. The van der Waals surface area contributed by atoms with Gasteiger partial charge in [-0.25, -0.2) is 9.18 Å². The quantitative estimate of drug-likeness (QED) is 0.378. The summed E-state index contributed by atoms with van der Waals surface area (Å²) in [5.74, 6) is 0.177. The number of benzene rings is 1. The number of carbonyl (C=O) groups is 1. The van der Waals surface area contributed by atoms with Crippen LogP contribution in [0.5, 0.6) is 5.75 Å². The molecule has 3 heterocycles. The summed E-state index contributed by atoms with van der Waals surface area (Å²) in [5.41, 5.74) is 0.245. The summed E-state index contributed by atoms with van der Waals surface area (Å²) >= 11 is 1.34. The molecule has 12 heteroatoms. The zero-order chi connectivity index (χ0) is 22.3. The Balaban J connectivity index is 1.54. The zero-order valence-electron chi connectivity index (χ0n) is 16.4. The zero-order valence-corrected chi connectivity index (χ0v) is 18.5. The van der Waals surface area contributed by atoms with Gasteiger partial charge in [0.2, 0.25) is 3.68 Å². The Morgan fingerprint density at radius 1 is 1.45 bits per heavy atom. The first-order chi connectivity index (χ1) is 14.7. The Kier molecular flexibility index (Phi) is 5.89. The third-order valence-electron chi connectivity index (χ3n) is 5.20. The highest BCUT2D eigenvalue weighted by Crippen LogP contribution is 2.45. The van der Waals surface area contributed by atoms with Gasteiger partial charge in [0.1, 0.15) is 30.4 Å². The van der Waals surface area contributed by atoms with Crippen molar-refractivity contribution in [3.05, 3.63) is 46.5 Å². The second kappa shape index (κ2) is 8.33. The Labute approximate surface area is 189 Å². The van der Waals surface area contributed by atoms with Crippen LogP contribution in [-0.4, -0.2) is 68.4 Å². The minimum absolute atomic E-state index is 0.0243. The third kappa shape index (κ3) is 4.00. The SMILES string of the molecule is CN1CCOc2ccc(C(=O)Nc3ccn(C4O[C@H](CO)[C@@H](O)C4(F)I)c(=O)n3)cc21. The van der Waals surface area contributed by atoms with Crippen LogP contribution in [-0.2, 0) is 4.74 Å². The molecule has 0 radical (unpaired) electrons. The van der Waals surface area contributed by atoms with E-state index in [1.165, 1.54) is 34.9 Å². The number of nitrogens with one attached hydrogen (secondary N) is 1. The van der Waals surface area contributed by atoms with Gasteiger partial charge in [-0.3, -0.25) is 9.36 Å². The van der Waals surface area contributed by atoms with E-state index >= 15 is 0 Å². The molecular formula is C19H20FIN4O6. The van der Waals surface area contributed by atoms with Crippen molar-refractivity contribution in [3.8, 4) is 5.75 Å². The van der Waals surface area contributed by atoms with Crippen LogP contribution in [0.2, 0.25) is 0 Å². The van der Waals surface area contributed by atoms with Gasteiger partial charge in [-0.05, 0) is 46.9 Å². The standard InChI is InChI=1S/C19H20FIN4O6/c1-24-6-7-30-12-3-2-10(8-11(12)24)16(28)22-14-4-5-25(18(29)23-14)17-19(20,21)15(27)13(9-26)31-17/h2-5,8,13,15,17,26-27H,6-7,9H2,1H3,(H,22,23,28,29)/t13-,15-,17?,19?/m1/s1. The van der Waals surface area contributed by atoms with E-state index in [2.05, 4.69) is 10.3 Å². The molecule has 2 aliphatic heterocycles. The lowest BCUT2D eigenvalue weighted by atomic mass is 10.1. The van der Waals surface area contributed by atoms with Crippen LogP contribution in [0.25, 0.3) is 0 Å². The molecule has 31 heavy (non-hydrogen) atoms. The summed E-state index contributed by atoms with van der Waals surface area (Å²) in [4.78, 5) is 30.8. The fraction of sp³-hybridized carbons (Fsp3) is 0.421. The number of anilines is 2. The van der Waals surface area contributed by atoms with Crippen molar-refractivity contribution in [1.29, 1.82) is 0 Å². The molecule has 166 valence electrons. The van der Waals surface area contributed by atoms with Crippen LogP contribution in [0, 0.1) is 0 Å². The highest BCUT2D eigenvalue weighted by atomic mass is 127. The van der Waals surface area contributed by atoms with Gasteiger partial charge in [-0.15, -0.1) is 0 Å². The fourth-order valence-electron chi connectivity index (χ4n) is 3.46. The van der Waals surface area contributed by atoms with Crippen LogP contribution in [0.4, 0.5) is 15.9 Å². The molecule has 0 saturated carbocycles. The molecule has 0 spiro atoms. The number of rotatable bonds is 4. The number of nitrogens with zero attached hydrogens (tertiary/aromatic N) is 3. The van der Waals surface area contributed by atoms with Crippen molar-refractivity contribution < 1.29 is 28.9 Å². The van der Waals surface area contributed by atoms with Gasteiger partial charge in [0, 0.05) is 18.8 Å². The van der Waals surface area contributed by atoms with Crippen molar-refractivity contribution in [2.75, 3.05) is 37.0 Å². The molecule has 1 saturated heterocycles. The number of aromatic nitrogens is 2. The van der Waals surface area contributed by atoms with E-state index in [-0.39, 0.29) is 5.82 Å². The predicted molar refractivity (Wildman–Crippen MR) is 117 cm³/mol. The van der Waals surface area contributed by atoms with Crippen LogP contribution in [0.1, 0.15) is 16.6 Å². The Morgan fingerprint density at radius 2 is 2.23 bits per heavy atom. The van der Waals surface area contributed by atoms with Crippen LogP contribution in [0.15, 0.2) is 35.3 Å². The number of carbonyl (C=O) groups excluding carboxylic acids is 1. The van der Waals surface area contributed by atoms with Crippen molar-refractivity contribution in [2.45, 2.75) is 22.1 Å². The molecule has 2 aromatic rings. The maximum Gasteiger partial charge on any atom is 0.351 e. The maximum atomic E-state index is 14.9. The van der Waals surface area contributed by atoms with E-state index < -0.39 is 40.3 Å². The first-order valence-electron chi connectivity index (χ1n) is 9.43. The van der Waals surface area contributed by atoms with Crippen LogP contribution >= 0.6 is 22.6 Å². The first-order valence-corrected chi connectivity index (χ1v) is 10.5. The van der Waals surface area contributed by atoms with Gasteiger partial charge in [0.05, 0.1) is 18.8 Å². The van der Waals surface area contributed by atoms with Crippen molar-refractivity contribution in [3.63, 3.8) is 0 Å². The Hall–Kier alpha value is -2.29. The second-order valence-corrected chi connectivity index (χ2v) is 8.89. The van der Waals surface area contributed by atoms with E-state index in [0.29, 0.717) is 24.5 Å². The molecule has 0 aliphatic carbocycles. The van der Waals surface area contributed by atoms with Crippen LogP contribution < -0.4 is 20.6 Å². The van der Waals surface area contributed by atoms with E-state index in [9.17, 15) is 24.2 Å². The van der Waals surface area contributed by atoms with E-state index in [0.717, 1.165) is 10.3 Å². The summed E-state index contributed by atoms with van der Waals surface area (Å²) in [6.45, 7) is 0.650. The van der Waals surface area contributed by atoms with Crippen LogP contribution in [0.3, 0.4) is 0 Å². The van der Waals surface area contributed by atoms with E-state index in [4.69, 9.17) is 9.47 Å². The number of halogens is 2. The molecule has 1 aromatic heterocycles. The molecule has 2 unspecified atom stereocenters. The van der Waals surface area contributed by atoms with E-state index in [1.807, 2.05) is 11.9 Å². The normalized spacial score (nSPS) is 27.5. The summed E-state index contributed by atoms with van der Waals surface area (Å²) < 4.78 is 24.3. The largest absolute Gasteiger partial charge is 0.490 e. The predicted octanol–water partition coefficient (Wildman–Crippen LogP) is 0.676. The first kappa shape index (κ1) is 21.9. The molecule has 2 aliphatic rings. The molecule has 4 rings (SSSR count). The maximum absolute atomic E-state index is 14.9. The Bertz CT molecular complexity index is 1060. The summed E-state index contributed by atoms with van der Waals surface area (Å²) in [5, 5.41) is 21.7. The molecular weight excluding hydrogens is 526 g/mol. The van der Waals surface area contributed by atoms with Gasteiger partial charge >= 0.3 is 5.69 Å². The van der Waals surface area contributed by atoms with Gasteiger partial charge in [-0.2, -0.15) is 4.98 Å². The number of alkyl halides is 2. The van der Waals surface area contributed by atoms with Crippen molar-refractivity contribution in [1.82, 2.24) is 9.55 Å². The average molecular weight is 546 g/mol. The topological polar surface area (TPSA) is 126 Å².